The van der Waals surface area contributed by atoms with Crippen molar-refractivity contribution >= 4 is 34.7 Å². The topological polar surface area (TPSA) is 77.8 Å². The highest BCUT2D eigenvalue weighted by Crippen LogP contribution is 2.45. The fourth-order valence-corrected chi connectivity index (χ4v) is 4.95. The fourth-order valence-electron chi connectivity index (χ4n) is 3.85. The van der Waals surface area contributed by atoms with E-state index in [2.05, 4.69) is 0 Å². The molecule has 0 saturated heterocycles. The van der Waals surface area contributed by atoms with Crippen LogP contribution in [0.4, 0.5) is 11.5 Å². The molecule has 0 radical (unpaired) electrons. The third-order valence-electron chi connectivity index (χ3n) is 5.23. The summed E-state index contributed by atoms with van der Waals surface area (Å²) < 4.78 is 11.8. The van der Waals surface area contributed by atoms with Crippen LogP contribution in [0, 0.1) is 0 Å². The molecule has 2 aromatic carbocycles. The molecule has 0 bridgehead atoms. The number of aromatic nitrogens is 1. The molecule has 0 saturated carbocycles. The van der Waals surface area contributed by atoms with Crippen LogP contribution in [0.5, 0.6) is 5.75 Å². The predicted molar refractivity (Wildman–Crippen MR) is 123 cm³/mol. The van der Waals surface area contributed by atoms with Gasteiger partial charge in [0.15, 0.2) is 0 Å². The molecule has 0 aliphatic carbocycles. The molecule has 0 fully saturated rings. The number of benzene rings is 2. The van der Waals surface area contributed by atoms with Gasteiger partial charge in [0.05, 0.1) is 23.8 Å². The number of hydrogen-bond donors (Lipinski definition) is 0. The Balaban J connectivity index is 1.83. The maximum Gasteiger partial charge on any atom is 0.325 e. The molecule has 0 N–H and O–H groups in total. The number of amides is 1. The third-order valence-corrected chi connectivity index (χ3v) is 6.32. The first-order valence-corrected chi connectivity index (χ1v) is 11.2. The largest absolute Gasteiger partial charge is 0.491 e. The maximum atomic E-state index is 13.3. The lowest BCUT2D eigenvalue weighted by atomic mass is 9.90. The molecule has 1 aliphatic heterocycles. The number of rotatable bonds is 6. The number of fused-ring (bicyclic) bond motifs is 1. The van der Waals surface area contributed by atoms with Gasteiger partial charge >= 0.3 is 10.8 Å². The number of nitrogens with zero attached hydrogens (tertiary/aromatic N) is 2. The summed E-state index contributed by atoms with van der Waals surface area (Å²) in [6.07, 6.45) is 0.269. The molecule has 0 unspecified atom stereocenters. The minimum Gasteiger partial charge on any atom is -0.491 e. The van der Waals surface area contributed by atoms with Gasteiger partial charge in [0, 0.05) is 12.3 Å². The second-order valence-corrected chi connectivity index (χ2v) is 8.77. The zero-order valence-electron chi connectivity index (χ0n) is 18.1. The second kappa shape index (κ2) is 9.00. The van der Waals surface area contributed by atoms with Gasteiger partial charge in [0.2, 0.25) is 5.91 Å². The summed E-state index contributed by atoms with van der Waals surface area (Å²) >= 11 is 1.06. The van der Waals surface area contributed by atoms with Crippen LogP contribution in [-0.4, -0.2) is 29.7 Å². The summed E-state index contributed by atoms with van der Waals surface area (Å²) in [6.45, 7) is 3.66. The Hall–Kier alpha value is -3.39. The smallest absolute Gasteiger partial charge is 0.325 e. The van der Waals surface area contributed by atoms with Crippen molar-refractivity contribution in [2.45, 2.75) is 38.8 Å². The maximum absolute atomic E-state index is 13.3. The molecular weight excluding hydrogens is 428 g/mol. The van der Waals surface area contributed by atoms with E-state index in [1.807, 2.05) is 68.4 Å². The number of methoxy groups -OCH3 is 1. The molecule has 166 valence electrons. The second-order valence-electron chi connectivity index (χ2n) is 7.78. The van der Waals surface area contributed by atoms with Crippen molar-refractivity contribution in [2.75, 3.05) is 12.0 Å². The summed E-state index contributed by atoms with van der Waals surface area (Å²) in [4.78, 5) is 40.3. The van der Waals surface area contributed by atoms with Crippen LogP contribution in [0.25, 0.3) is 0 Å². The first-order valence-electron chi connectivity index (χ1n) is 10.3. The molecule has 7 nitrogen and oxygen atoms in total. The van der Waals surface area contributed by atoms with Crippen LogP contribution < -0.4 is 14.5 Å². The molecule has 1 aliphatic rings. The normalized spacial score (nSPS) is 15.6. The van der Waals surface area contributed by atoms with Crippen molar-refractivity contribution in [3.8, 4) is 5.75 Å². The Labute approximate surface area is 189 Å². The molecule has 1 aromatic heterocycles. The van der Waals surface area contributed by atoms with Crippen molar-refractivity contribution in [2.24, 2.45) is 0 Å². The molecular formula is C24H24N2O5S. The number of esters is 1. The molecule has 3 aromatic rings. The third kappa shape index (κ3) is 4.18. The van der Waals surface area contributed by atoms with Gasteiger partial charge in [-0.3, -0.25) is 23.9 Å². The number of para-hydroxylation sites is 1. The summed E-state index contributed by atoms with van der Waals surface area (Å²) in [5.41, 5.74) is 1.56. The van der Waals surface area contributed by atoms with Gasteiger partial charge < -0.3 is 9.47 Å². The van der Waals surface area contributed by atoms with Gasteiger partial charge in [-0.15, -0.1) is 0 Å². The Morgan fingerprint density at radius 1 is 1.09 bits per heavy atom. The van der Waals surface area contributed by atoms with E-state index in [-0.39, 0.29) is 35.8 Å². The lowest BCUT2D eigenvalue weighted by Gasteiger charge is -2.32. The zero-order valence-corrected chi connectivity index (χ0v) is 18.9. The van der Waals surface area contributed by atoms with E-state index in [1.54, 1.807) is 0 Å². The van der Waals surface area contributed by atoms with Crippen LogP contribution in [0.1, 0.15) is 36.6 Å². The average molecular weight is 453 g/mol. The molecule has 4 rings (SSSR count). The van der Waals surface area contributed by atoms with Crippen molar-refractivity contribution < 1.29 is 19.1 Å². The zero-order chi connectivity index (χ0) is 22.8. The molecule has 32 heavy (non-hydrogen) atoms. The van der Waals surface area contributed by atoms with Gasteiger partial charge in [0.1, 0.15) is 18.1 Å². The Bertz CT molecular complexity index is 1180. The van der Waals surface area contributed by atoms with E-state index < -0.39 is 5.97 Å². The Morgan fingerprint density at radius 2 is 1.78 bits per heavy atom. The van der Waals surface area contributed by atoms with Gasteiger partial charge in [-0.05, 0) is 43.7 Å². The van der Waals surface area contributed by atoms with E-state index in [0.29, 0.717) is 11.5 Å². The molecule has 1 atom stereocenters. The van der Waals surface area contributed by atoms with E-state index >= 15 is 0 Å². The average Bonchev–Trinajstić information content (AvgIpc) is 3.09. The van der Waals surface area contributed by atoms with Gasteiger partial charge in [-0.25, -0.2) is 0 Å². The summed E-state index contributed by atoms with van der Waals surface area (Å²) in [5, 5.41) is 0. The number of carbonyl (C=O) groups excluding carboxylic acids is 2. The van der Waals surface area contributed by atoms with Crippen molar-refractivity contribution in [3.05, 3.63) is 74.7 Å². The standard InChI is InChI=1S/C24H24N2O5S/c1-15(2)31-18-11-9-16(10-12-18)19-13-20(27)26(17-7-5-4-6-8-17)23-22(19)32-24(29)25(23)14-21(28)30-3/h4-12,15,19H,13-14H2,1-3H3/t19-/m0/s1. The number of carbonyl (C=O) groups is 2. The summed E-state index contributed by atoms with van der Waals surface area (Å²) in [6, 6.07) is 16.7. The number of anilines is 2. The van der Waals surface area contributed by atoms with Crippen molar-refractivity contribution in [1.29, 1.82) is 0 Å². The lowest BCUT2D eigenvalue weighted by Crippen LogP contribution is -2.36. The molecule has 8 heteroatoms. The first-order chi connectivity index (χ1) is 15.4. The quantitative estimate of drug-likeness (QED) is 0.527. The van der Waals surface area contributed by atoms with Crippen molar-refractivity contribution in [3.63, 3.8) is 0 Å². The predicted octanol–water partition coefficient (Wildman–Crippen LogP) is 4.07. The van der Waals surface area contributed by atoms with E-state index in [9.17, 15) is 14.4 Å². The minimum absolute atomic E-state index is 0.0562. The lowest BCUT2D eigenvalue weighted by molar-refractivity contribution is -0.141. The highest BCUT2D eigenvalue weighted by Gasteiger charge is 2.38. The molecule has 1 amide bonds. The SMILES string of the molecule is COC(=O)Cn1c2c(sc1=O)[C@H](c1ccc(OC(C)C)cc1)CC(=O)N2c1ccccc1. The number of thiazole rings is 1. The van der Waals surface area contributed by atoms with Crippen LogP contribution in [0.2, 0.25) is 0 Å². The highest BCUT2D eigenvalue weighted by atomic mass is 32.1. The van der Waals surface area contributed by atoms with Crippen LogP contribution in [0.3, 0.4) is 0 Å². The first kappa shape index (κ1) is 21.8. The minimum atomic E-state index is -0.550. The fraction of sp³-hybridized carbons (Fsp3) is 0.292. The van der Waals surface area contributed by atoms with Crippen molar-refractivity contribution in [1.82, 2.24) is 4.57 Å². The summed E-state index contributed by atoms with van der Waals surface area (Å²) in [7, 11) is 1.27. The molecule has 0 spiro atoms. The Morgan fingerprint density at radius 3 is 2.41 bits per heavy atom. The van der Waals surface area contributed by atoms with Crippen LogP contribution in [0.15, 0.2) is 59.4 Å². The number of hydrogen-bond acceptors (Lipinski definition) is 6. The molecule has 2 heterocycles. The van der Waals surface area contributed by atoms with E-state index in [0.717, 1.165) is 27.5 Å². The van der Waals surface area contributed by atoms with Gasteiger partial charge in [0.25, 0.3) is 0 Å². The Kier molecular flexibility index (Phi) is 6.14. The van der Waals surface area contributed by atoms with Gasteiger partial charge in [-0.2, -0.15) is 0 Å². The number of ether oxygens (including phenoxy) is 2. The highest BCUT2D eigenvalue weighted by molar-refractivity contribution is 7.10. The van der Waals surface area contributed by atoms with Crippen LogP contribution >= 0.6 is 11.3 Å². The van der Waals surface area contributed by atoms with Crippen LogP contribution in [-0.2, 0) is 20.9 Å². The summed E-state index contributed by atoms with van der Waals surface area (Å²) in [5.74, 6) is 0.189. The van der Waals surface area contributed by atoms with E-state index in [1.165, 1.54) is 16.6 Å². The van der Waals surface area contributed by atoms with E-state index in [4.69, 9.17) is 9.47 Å². The van der Waals surface area contributed by atoms with Gasteiger partial charge in [-0.1, -0.05) is 41.7 Å². The monoisotopic (exact) mass is 452 g/mol.